The Balaban J connectivity index is 3.02. The number of aliphatic carboxylic acids is 1. The van der Waals surface area contributed by atoms with Gasteiger partial charge in [-0.3, -0.25) is 4.79 Å². The van der Waals surface area contributed by atoms with E-state index >= 15 is 0 Å². The lowest BCUT2D eigenvalue weighted by Crippen LogP contribution is -2.31. The summed E-state index contributed by atoms with van der Waals surface area (Å²) in [5.74, 6) is -1.62. The van der Waals surface area contributed by atoms with E-state index in [4.69, 9.17) is 5.11 Å². The maximum Gasteiger partial charge on any atom is 0.328 e. The van der Waals surface area contributed by atoms with E-state index in [1.54, 1.807) is 19.1 Å². The first-order valence-corrected chi connectivity index (χ1v) is 5.86. The Bertz CT molecular complexity index is 541. The van der Waals surface area contributed by atoms with E-state index in [-0.39, 0.29) is 5.56 Å². The number of rotatable bonds is 5. The molecule has 1 aromatic rings. The van der Waals surface area contributed by atoms with Crippen LogP contribution in [0.3, 0.4) is 0 Å². The number of carbonyl (C=O) groups excluding carboxylic acids is 1. The van der Waals surface area contributed by atoms with Gasteiger partial charge in [0, 0.05) is 18.7 Å². The van der Waals surface area contributed by atoms with Gasteiger partial charge >= 0.3 is 5.97 Å². The molecule has 1 N–H and O–H groups in total. The summed E-state index contributed by atoms with van der Waals surface area (Å²) in [4.78, 5) is 23.4. The topological polar surface area (TPSA) is 57.6 Å². The molecular weight excluding hydrogens is 268 g/mol. The van der Waals surface area contributed by atoms with Crippen LogP contribution >= 0.6 is 0 Å². The van der Waals surface area contributed by atoms with Crippen LogP contribution in [0.1, 0.15) is 21.5 Å². The maximum atomic E-state index is 12.3. The van der Waals surface area contributed by atoms with Gasteiger partial charge in [0.15, 0.2) is 0 Å². The molecule has 4 nitrogen and oxygen atoms in total. The molecule has 0 aliphatic rings. The van der Waals surface area contributed by atoms with Gasteiger partial charge in [-0.25, -0.2) is 13.6 Å². The van der Waals surface area contributed by atoms with Crippen LogP contribution in [0.4, 0.5) is 8.78 Å². The van der Waals surface area contributed by atoms with E-state index < -0.39 is 24.8 Å². The molecule has 108 valence electrons. The van der Waals surface area contributed by atoms with Crippen molar-refractivity contribution >= 4 is 18.0 Å². The lowest BCUT2D eigenvalue weighted by atomic mass is 10.0. The monoisotopic (exact) mass is 283 g/mol. The third-order valence-corrected chi connectivity index (χ3v) is 2.67. The number of alkyl halides is 2. The van der Waals surface area contributed by atoms with Crippen molar-refractivity contribution in [2.45, 2.75) is 13.3 Å². The van der Waals surface area contributed by atoms with Gasteiger partial charge in [-0.2, -0.15) is 0 Å². The largest absolute Gasteiger partial charge is 0.478 e. The van der Waals surface area contributed by atoms with E-state index in [0.717, 1.165) is 11.0 Å². The Labute approximate surface area is 115 Å². The highest BCUT2D eigenvalue weighted by Gasteiger charge is 2.17. The molecule has 0 unspecified atom stereocenters. The standard InChI is InChI=1S/C14H15F2NO3/c1-9-3-4-10(5-6-13(18)19)7-11(9)14(20)17(2)8-12(15)16/h3-7,12H,8H2,1-2H3,(H,18,19)/b6-5+. The molecule has 0 aliphatic carbocycles. The molecule has 0 fully saturated rings. The molecule has 0 saturated carbocycles. The zero-order valence-electron chi connectivity index (χ0n) is 11.1. The number of aryl methyl sites for hydroxylation is 1. The van der Waals surface area contributed by atoms with Gasteiger partial charge in [0.25, 0.3) is 12.3 Å². The number of halogens is 2. The summed E-state index contributed by atoms with van der Waals surface area (Å²) in [5, 5.41) is 8.55. The van der Waals surface area contributed by atoms with Crippen molar-refractivity contribution in [3.63, 3.8) is 0 Å². The second-order valence-corrected chi connectivity index (χ2v) is 4.32. The summed E-state index contributed by atoms with van der Waals surface area (Å²) >= 11 is 0. The van der Waals surface area contributed by atoms with Gasteiger partial charge in [-0.1, -0.05) is 12.1 Å². The number of carboxylic acid groups (broad SMARTS) is 1. The Morgan fingerprint density at radius 2 is 2.05 bits per heavy atom. The molecule has 0 saturated heterocycles. The second-order valence-electron chi connectivity index (χ2n) is 4.32. The molecule has 0 spiro atoms. The molecule has 0 atom stereocenters. The van der Waals surface area contributed by atoms with E-state index in [0.29, 0.717) is 11.1 Å². The Morgan fingerprint density at radius 3 is 2.60 bits per heavy atom. The molecule has 0 radical (unpaired) electrons. The molecule has 20 heavy (non-hydrogen) atoms. The molecule has 6 heteroatoms. The zero-order chi connectivity index (χ0) is 15.3. The minimum atomic E-state index is -2.60. The number of hydrogen-bond acceptors (Lipinski definition) is 2. The third kappa shape index (κ3) is 4.46. The van der Waals surface area contributed by atoms with Crippen molar-refractivity contribution in [3.8, 4) is 0 Å². The van der Waals surface area contributed by atoms with Crippen LogP contribution in [-0.2, 0) is 4.79 Å². The van der Waals surface area contributed by atoms with Crippen molar-refractivity contribution in [2.24, 2.45) is 0 Å². The Kier molecular flexibility index (Phi) is 5.37. The number of carboxylic acids is 1. The number of nitrogens with zero attached hydrogens (tertiary/aromatic N) is 1. The van der Waals surface area contributed by atoms with Crippen LogP contribution in [0, 0.1) is 6.92 Å². The second kappa shape index (κ2) is 6.79. The summed E-state index contributed by atoms with van der Waals surface area (Å²) in [6.07, 6.45) is -0.313. The first-order valence-electron chi connectivity index (χ1n) is 5.86. The van der Waals surface area contributed by atoms with Crippen LogP contribution in [0.25, 0.3) is 6.08 Å². The van der Waals surface area contributed by atoms with E-state index in [9.17, 15) is 18.4 Å². The minimum absolute atomic E-state index is 0.278. The maximum absolute atomic E-state index is 12.3. The average molecular weight is 283 g/mol. The SMILES string of the molecule is Cc1ccc(/C=C/C(=O)O)cc1C(=O)N(C)CC(F)F. The first-order chi connectivity index (χ1) is 9.31. The highest BCUT2D eigenvalue weighted by atomic mass is 19.3. The highest BCUT2D eigenvalue weighted by Crippen LogP contribution is 2.15. The number of amides is 1. The van der Waals surface area contributed by atoms with Crippen molar-refractivity contribution in [2.75, 3.05) is 13.6 Å². The third-order valence-electron chi connectivity index (χ3n) is 2.67. The Hall–Kier alpha value is -2.24. The lowest BCUT2D eigenvalue weighted by Gasteiger charge is -2.18. The molecule has 0 aliphatic heterocycles. The Morgan fingerprint density at radius 1 is 1.40 bits per heavy atom. The number of hydrogen-bond donors (Lipinski definition) is 1. The van der Waals surface area contributed by atoms with Crippen molar-refractivity contribution in [1.29, 1.82) is 0 Å². The number of carbonyl (C=O) groups is 2. The number of benzene rings is 1. The van der Waals surface area contributed by atoms with E-state index in [1.165, 1.54) is 19.2 Å². The van der Waals surface area contributed by atoms with E-state index in [1.807, 2.05) is 0 Å². The molecule has 1 amide bonds. The summed E-state index contributed by atoms with van der Waals surface area (Å²) < 4.78 is 24.6. The van der Waals surface area contributed by atoms with Crippen LogP contribution in [-0.4, -0.2) is 41.9 Å². The van der Waals surface area contributed by atoms with Crippen molar-refractivity contribution in [3.05, 3.63) is 41.0 Å². The van der Waals surface area contributed by atoms with Gasteiger partial charge in [-0.05, 0) is 30.2 Å². The summed E-state index contributed by atoms with van der Waals surface area (Å²) in [6.45, 7) is 1.04. The smallest absolute Gasteiger partial charge is 0.328 e. The predicted octanol–water partition coefficient (Wildman–Crippen LogP) is 2.43. The molecular formula is C14H15F2NO3. The van der Waals surface area contributed by atoms with Gasteiger partial charge in [0.05, 0.1) is 6.54 Å². The molecule has 0 heterocycles. The zero-order valence-corrected chi connectivity index (χ0v) is 11.1. The first kappa shape index (κ1) is 15.8. The fraction of sp³-hybridized carbons (Fsp3) is 0.286. The quantitative estimate of drug-likeness (QED) is 0.844. The minimum Gasteiger partial charge on any atom is -0.478 e. The van der Waals surface area contributed by atoms with Gasteiger partial charge < -0.3 is 10.0 Å². The predicted molar refractivity (Wildman–Crippen MR) is 70.8 cm³/mol. The van der Waals surface area contributed by atoms with E-state index in [2.05, 4.69) is 0 Å². The van der Waals surface area contributed by atoms with Gasteiger partial charge in [-0.15, -0.1) is 0 Å². The van der Waals surface area contributed by atoms with Gasteiger partial charge in [0.2, 0.25) is 0 Å². The van der Waals surface area contributed by atoms with Crippen LogP contribution in [0.15, 0.2) is 24.3 Å². The van der Waals surface area contributed by atoms with Crippen LogP contribution in [0.2, 0.25) is 0 Å². The normalized spacial score (nSPS) is 11.1. The van der Waals surface area contributed by atoms with Crippen molar-refractivity contribution in [1.82, 2.24) is 4.90 Å². The van der Waals surface area contributed by atoms with Crippen LogP contribution < -0.4 is 0 Å². The lowest BCUT2D eigenvalue weighted by molar-refractivity contribution is -0.131. The fourth-order valence-corrected chi connectivity index (χ4v) is 1.64. The molecule has 0 aromatic heterocycles. The summed E-state index contributed by atoms with van der Waals surface area (Å²) in [5.41, 5.74) is 1.44. The van der Waals surface area contributed by atoms with Gasteiger partial charge in [0.1, 0.15) is 0 Å². The fourth-order valence-electron chi connectivity index (χ4n) is 1.64. The van der Waals surface area contributed by atoms with Crippen LogP contribution in [0.5, 0.6) is 0 Å². The molecule has 0 bridgehead atoms. The summed E-state index contributed by atoms with van der Waals surface area (Å²) in [6, 6.07) is 4.78. The molecule has 1 rings (SSSR count). The van der Waals surface area contributed by atoms with Crippen molar-refractivity contribution < 1.29 is 23.5 Å². The summed E-state index contributed by atoms with van der Waals surface area (Å²) in [7, 11) is 1.30. The molecule has 1 aromatic carbocycles. The average Bonchev–Trinajstić information content (AvgIpc) is 2.36. The highest BCUT2D eigenvalue weighted by molar-refractivity contribution is 5.96.